The highest BCUT2D eigenvalue weighted by molar-refractivity contribution is 5.25. The van der Waals surface area contributed by atoms with Crippen LogP contribution in [-0.4, -0.2) is 11.2 Å². The van der Waals surface area contributed by atoms with E-state index in [9.17, 15) is 5.11 Å². The number of hydrogen-bond acceptors (Lipinski definition) is 1. The third kappa shape index (κ3) is 2.44. The molecule has 0 unspecified atom stereocenters. The van der Waals surface area contributed by atoms with Gasteiger partial charge in [-0.25, -0.2) is 0 Å². The fraction of sp³-hybridized carbons (Fsp3) is 0.833. The molecule has 0 aliphatic heterocycles. The van der Waals surface area contributed by atoms with Gasteiger partial charge in [0.2, 0.25) is 0 Å². The van der Waals surface area contributed by atoms with Gasteiger partial charge in [-0.15, -0.1) is 6.58 Å². The number of hydrogen-bond donors (Lipinski definition) is 1. The zero-order chi connectivity index (χ0) is 18.0. The third-order valence-corrected chi connectivity index (χ3v) is 9.40. The second-order valence-corrected chi connectivity index (χ2v) is 10.6. The van der Waals surface area contributed by atoms with Gasteiger partial charge in [0.05, 0.1) is 6.10 Å². The van der Waals surface area contributed by atoms with E-state index >= 15 is 0 Å². The number of rotatable bonds is 2. The van der Waals surface area contributed by atoms with Crippen molar-refractivity contribution < 1.29 is 5.11 Å². The first-order chi connectivity index (χ1) is 11.8. The van der Waals surface area contributed by atoms with Gasteiger partial charge in [-0.3, -0.25) is 0 Å². The largest absolute Gasteiger partial charge is 0.393 e. The highest BCUT2D eigenvalue weighted by Gasteiger charge is 2.61. The molecule has 1 N–H and O–H groups in total. The average Bonchev–Trinajstić information content (AvgIpc) is 2.85. The van der Waals surface area contributed by atoms with Gasteiger partial charge in [0.15, 0.2) is 0 Å². The van der Waals surface area contributed by atoms with E-state index < -0.39 is 0 Å². The Labute approximate surface area is 155 Å². The molecule has 4 aliphatic rings. The Morgan fingerprint density at radius 1 is 1.24 bits per heavy atom. The molecule has 4 rings (SSSR count). The lowest BCUT2D eigenvalue weighted by Crippen LogP contribution is -2.50. The van der Waals surface area contributed by atoms with Gasteiger partial charge in [-0.2, -0.15) is 0 Å². The van der Waals surface area contributed by atoms with Gasteiger partial charge < -0.3 is 5.11 Å². The Balaban J connectivity index is 1.67. The summed E-state index contributed by atoms with van der Waals surface area (Å²) in [6, 6.07) is 0. The highest BCUT2D eigenvalue weighted by Crippen LogP contribution is 2.67. The predicted molar refractivity (Wildman–Crippen MR) is 105 cm³/mol. The predicted octanol–water partition coefficient (Wildman–Crippen LogP) is 5.99. The molecule has 0 bridgehead atoms. The van der Waals surface area contributed by atoms with Crippen LogP contribution in [0.15, 0.2) is 24.3 Å². The molecule has 0 heterocycles. The zero-order valence-corrected chi connectivity index (χ0v) is 16.8. The molecule has 3 fully saturated rings. The third-order valence-electron chi connectivity index (χ3n) is 9.40. The van der Waals surface area contributed by atoms with E-state index in [0.29, 0.717) is 28.6 Å². The Kier molecular flexibility index (Phi) is 4.26. The molecule has 25 heavy (non-hydrogen) atoms. The minimum absolute atomic E-state index is 0.133. The van der Waals surface area contributed by atoms with Crippen molar-refractivity contribution in [2.75, 3.05) is 0 Å². The number of allylic oxidation sites excluding steroid dienone is 3. The summed E-state index contributed by atoms with van der Waals surface area (Å²) >= 11 is 0. The molecule has 0 saturated heterocycles. The second-order valence-electron chi connectivity index (χ2n) is 10.6. The molecular weight excluding hydrogens is 304 g/mol. The summed E-state index contributed by atoms with van der Waals surface area (Å²) in [6.07, 6.45) is 13.7. The summed E-state index contributed by atoms with van der Waals surface area (Å²) < 4.78 is 0. The summed E-state index contributed by atoms with van der Waals surface area (Å²) in [5.41, 5.74) is 2.53. The van der Waals surface area contributed by atoms with Crippen molar-refractivity contribution in [3.05, 3.63) is 24.3 Å². The first-order valence-corrected chi connectivity index (χ1v) is 10.8. The van der Waals surface area contributed by atoms with Crippen molar-refractivity contribution in [3.8, 4) is 0 Å². The molecule has 0 aromatic heterocycles. The number of aliphatic hydroxyl groups is 1. The maximum absolute atomic E-state index is 10.9. The SMILES string of the molecule is C=C[C@@H](C)[C@H]1[C@@H](O)C[C@H]2[C@@H]3CC=C4C[C@@H](C)CC[C@]4(C)[C@H]3CC[C@]12C. The Morgan fingerprint density at radius 3 is 2.72 bits per heavy atom. The maximum atomic E-state index is 10.9. The van der Waals surface area contributed by atoms with E-state index in [1.54, 1.807) is 5.57 Å². The monoisotopic (exact) mass is 342 g/mol. The molecule has 0 spiro atoms. The molecule has 140 valence electrons. The number of fused-ring (bicyclic) bond motifs is 5. The van der Waals surface area contributed by atoms with Gasteiger partial charge in [0, 0.05) is 0 Å². The van der Waals surface area contributed by atoms with Crippen molar-refractivity contribution in [3.63, 3.8) is 0 Å². The van der Waals surface area contributed by atoms with Crippen LogP contribution in [0.4, 0.5) is 0 Å². The maximum Gasteiger partial charge on any atom is 0.0582 e. The summed E-state index contributed by atoms with van der Waals surface area (Å²) in [4.78, 5) is 0. The van der Waals surface area contributed by atoms with E-state index in [1.165, 1.54) is 38.5 Å². The normalized spacial score (nSPS) is 53.2. The first kappa shape index (κ1) is 17.8. The lowest BCUT2D eigenvalue weighted by Gasteiger charge is -2.58. The van der Waals surface area contributed by atoms with Crippen LogP contribution in [0.5, 0.6) is 0 Å². The van der Waals surface area contributed by atoms with E-state index in [1.807, 2.05) is 0 Å². The summed E-state index contributed by atoms with van der Waals surface area (Å²) in [7, 11) is 0. The van der Waals surface area contributed by atoms with E-state index in [0.717, 1.165) is 24.2 Å². The van der Waals surface area contributed by atoms with Crippen LogP contribution in [0.2, 0.25) is 0 Å². The van der Waals surface area contributed by atoms with Crippen molar-refractivity contribution >= 4 is 0 Å². The Hall–Kier alpha value is -0.560. The van der Waals surface area contributed by atoms with Crippen molar-refractivity contribution in [2.24, 2.45) is 46.3 Å². The molecular formula is C24H38O. The quantitative estimate of drug-likeness (QED) is 0.611. The van der Waals surface area contributed by atoms with Crippen LogP contribution in [-0.2, 0) is 0 Å². The summed E-state index contributed by atoms with van der Waals surface area (Å²) in [6.45, 7) is 13.8. The Bertz CT molecular complexity index is 577. The van der Waals surface area contributed by atoms with E-state index in [4.69, 9.17) is 0 Å². The number of aliphatic hydroxyl groups excluding tert-OH is 1. The van der Waals surface area contributed by atoms with E-state index in [2.05, 4.69) is 46.4 Å². The van der Waals surface area contributed by atoms with Gasteiger partial charge in [-0.05, 0) is 91.3 Å². The van der Waals surface area contributed by atoms with Crippen LogP contribution in [0.25, 0.3) is 0 Å². The van der Waals surface area contributed by atoms with Crippen molar-refractivity contribution in [1.29, 1.82) is 0 Å². The summed E-state index contributed by atoms with van der Waals surface area (Å²) in [5.74, 6) is 4.03. The lowest BCUT2D eigenvalue weighted by atomic mass is 9.46. The molecule has 0 aromatic rings. The van der Waals surface area contributed by atoms with Crippen LogP contribution < -0.4 is 0 Å². The molecule has 1 heteroatoms. The van der Waals surface area contributed by atoms with Crippen LogP contribution in [0.3, 0.4) is 0 Å². The molecule has 0 radical (unpaired) electrons. The molecule has 4 aliphatic carbocycles. The topological polar surface area (TPSA) is 20.2 Å². The zero-order valence-electron chi connectivity index (χ0n) is 16.8. The lowest BCUT2D eigenvalue weighted by molar-refractivity contribution is -0.0527. The highest BCUT2D eigenvalue weighted by atomic mass is 16.3. The summed E-state index contributed by atoms with van der Waals surface area (Å²) in [5, 5.41) is 10.9. The van der Waals surface area contributed by atoms with Crippen LogP contribution in [0, 0.1) is 46.3 Å². The smallest absolute Gasteiger partial charge is 0.0582 e. The molecule has 9 atom stereocenters. The van der Waals surface area contributed by atoms with Crippen molar-refractivity contribution in [2.45, 2.75) is 78.7 Å². The van der Waals surface area contributed by atoms with E-state index in [-0.39, 0.29) is 6.10 Å². The minimum atomic E-state index is -0.133. The molecule has 3 saturated carbocycles. The second kappa shape index (κ2) is 5.98. The van der Waals surface area contributed by atoms with Gasteiger partial charge >= 0.3 is 0 Å². The fourth-order valence-corrected chi connectivity index (χ4v) is 7.99. The van der Waals surface area contributed by atoms with Crippen LogP contribution in [0.1, 0.15) is 72.6 Å². The van der Waals surface area contributed by atoms with Gasteiger partial charge in [0.25, 0.3) is 0 Å². The van der Waals surface area contributed by atoms with Gasteiger partial charge in [-0.1, -0.05) is 45.4 Å². The first-order valence-electron chi connectivity index (χ1n) is 10.8. The Morgan fingerprint density at radius 2 is 2.00 bits per heavy atom. The van der Waals surface area contributed by atoms with Crippen LogP contribution >= 0.6 is 0 Å². The average molecular weight is 343 g/mol. The fourth-order valence-electron chi connectivity index (χ4n) is 7.99. The van der Waals surface area contributed by atoms with Gasteiger partial charge in [0.1, 0.15) is 0 Å². The van der Waals surface area contributed by atoms with Crippen molar-refractivity contribution in [1.82, 2.24) is 0 Å². The molecule has 1 nitrogen and oxygen atoms in total. The standard InChI is InChI=1S/C24H38O/c1-6-16(3)22-21(25)14-20-18-8-7-17-13-15(2)9-11-23(17,4)19(18)10-12-24(20,22)5/h6-7,15-16,18-22,25H,1,8-14H2,2-5H3/t15-,16+,18+,19-,20-,21-,22-,23-,24-/m0/s1. The molecule has 0 aromatic carbocycles. The minimum Gasteiger partial charge on any atom is -0.393 e. The molecule has 0 amide bonds.